The highest BCUT2D eigenvalue weighted by Gasteiger charge is 2.30. The van der Waals surface area contributed by atoms with Gasteiger partial charge in [0.05, 0.1) is 4.90 Å². The highest BCUT2D eigenvalue weighted by molar-refractivity contribution is 7.89. The minimum Gasteiger partial charge on any atom is -0.354 e. The highest BCUT2D eigenvalue weighted by atomic mass is 32.2. The van der Waals surface area contributed by atoms with Crippen molar-refractivity contribution in [3.8, 4) is 0 Å². The molecule has 1 saturated heterocycles. The van der Waals surface area contributed by atoms with E-state index in [4.69, 9.17) is 0 Å². The van der Waals surface area contributed by atoms with Crippen LogP contribution in [0.5, 0.6) is 0 Å². The first-order valence-electron chi connectivity index (χ1n) is 11.1. The summed E-state index contributed by atoms with van der Waals surface area (Å²) in [6, 6.07) is 18.1. The summed E-state index contributed by atoms with van der Waals surface area (Å²) in [5.41, 5.74) is 0.993. The van der Waals surface area contributed by atoms with Gasteiger partial charge in [0.15, 0.2) is 0 Å². The van der Waals surface area contributed by atoms with Crippen molar-refractivity contribution in [2.24, 2.45) is 5.92 Å². The summed E-state index contributed by atoms with van der Waals surface area (Å²) in [7, 11) is -3.44. The number of carbonyl (C=O) groups excluding carboxylic acids is 1. The summed E-state index contributed by atoms with van der Waals surface area (Å²) in [4.78, 5) is 15.6. The van der Waals surface area contributed by atoms with Gasteiger partial charge < -0.3 is 5.32 Å². The molecule has 168 valence electrons. The molecule has 0 radical (unpaired) electrons. The fourth-order valence-electron chi connectivity index (χ4n) is 4.19. The molecule has 2 aromatic rings. The molecule has 1 amide bonds. The molecule has 1 N–H and O–H groups in total. The van der Waals surface area contributed by atoms with Gasteiger partial charge >= 0.3 is 0 Å². The summed E-state index contributed by atoms with van der Waals surface area (Å²) in [6.45, 7) is 7.25. The number of nitrogens with zero attached hydrogens (tertiary/aromatic N) is 2. The molecule has 0 saturated carbocycles. The van der Waals surface area contributed by atoms with Crippen LogP contribution in [-0.2, 0) is 14.8 Å². The Balaban J connectivity index is 1.57. The Morgan fingerprint density at radius 1 is 1.00 bits per heavy atom. The standard InChI is InChI=1S/C24H33N3O3S/c1-3-26(4-2)23(21-11-7-5-8-12-21)24(28)25-19-20-15-17-27(18-16-20)31(29,30)22-13-9-6-10-14-22/h5-14,20,23H,3-4,15-19H2,1-2H3,(H,25,28). The number of hydrogen-bond acceptors (Lipinski definition) is 4. The fraction of sp³-hybridized carbons (Fsp3) is 0.458. The van der Waals surface area contributed by atoms with Crippen molar-refractivity contribution in [1.82, 2.24) is 14.5 Å². The number of piperidine rings is 1. The number of nitrogens with one attached hydrogen (secondary N) is 1. The molecule has 1 unspecified atom stereocenters. The van der Waals surface area contributed by atoms with Crippen LogP contribution in [-0.4, -0.2) is 56.3 Å². The molecular weight excluding hydrogens is 410 g/mol. The van der Waals surface area contributed by atoms with Crippen LogP contribution in [0.15, 0.2) is 65.6 Å². The second-order valence-corrected chi connectivity index (χ2v) is 9.88. The Bertz CT molecular complexity index is 923. The topological polar surface area (TPSA) is 69.7 Å². The van der Waals surface area contributed by atoms with Crippen molar-refractivity contribution in [1.29, 1.82) is 0 Å². The van der Waals surface area contributed by atoms with Crippen LogP contribution < -0.4 is 5.32 Å². The Morgan fingerprint density at radius 2 is 1.55 bits per heavy atom. The van der Waals surface area contributed by atoms with Gasteiger partial charge in [-0.25, -0.2) is 8.42 Å². The van der Waals surface area contributed by atoms with E-state index in [1.165, 1.54) is 0 Å². The lowest BCUT2D eigenvalue weighted by molar-refractivity contribution is -0.126. The molecule has 1 atom stereocenters. The van der Waals surface area contributed by atoms with Gasteiger partial charge in [0.25, 0.3) is 0 Å². The number of carbonyl (C=O) groups is 1. The first-order chi connectivity index (χ1) is 15.0. The van der Waals surface area contributed by atoms with Crippen molar-refractivity contribution < 1.29 is 13.2 Å². The Hall–Kier alpha value is -2.22. The lowest BCUT2D eigenvalue weighted by Crippen LogP contribution is -2.44. The molecular formula is C24H33N3O3S. The molecule has 0 bridgehead atoms. The zero-order chi connectivity index (χ0) is 22.3. The van der Waals surface area contributed by atoms with E-state index < -0.39 is 10.0 Å². The second-order valence-electron chi connectivity index (χ2n) is 7.94. The van der Waals surface area contributed by atoms with Gasteiger partial charge in [-0.2, -0.15) is 4.31 Å². The van der Waals surface area contributed by atoms with Gasteiger partial charge in [0.1, 0.15) is 6.04 Å². The second kappa shape index (κ2) is 10.9. The van der Waals surface area contributed by atoms with E-state index in [-0.39, 0.29) is 17.9 Å². The van der Waals surface area contributed by atoms with Gasteiger partial charge in [0.2, 0.25) is 15.9 Å². The predicted molar refractivity (Wildman–Crippen MR) is 123 cm³/mol. The molecule has 1 heterocycles. The SMILES string of the molecule is CCN(CC)C(C(=O)NCC1CCN(S(=O)(=O)c2ccccc2)CC1)c1ccccc1. The summed E-state index contributed by atoms with van der Waals surface area (Å²) in [5.74, 6) is 0.286. The number of amides is 1. The number of sulfonamides is 1. The van der Waals surface area contributed by atoms with Gasteiger partial charge in [-0.3, -0.25) is 9.69 Å². The monoisotopic (exact) mass is 443 g/mol. The Morgan fingerprint density at radius 3 is 2.10 bits per heavy atom. The van der Waals surface area contributed by atoms with E-state index in [2.05, 4.69) is 24.1 Å². The van der Waals surface area contributed by atoms with Crippen molar-refractivity contribution in [3.05, 3.63) is 66.2 Å². The van der Waals surface area contributed by atoms with Crippen molar-refractivity contribution in [2.45, 2.75) is 37.6 Å². The molecule has 31 heavy (non-hydrogen) atoms. The fourth-order valence-corrected chi connectivity index (χ4v) is 5.68. The van der Waals surface area contributed by atoms with Crippen LogP contribution in [0.1, 0.15) is 38.3 Å². The molecule has 6 nitrogen and oxygen atoms in total. The highest BCUT2D eigenvalue weighted by Crippen LogP contribution is 2.24. The third kappa shape index (κ3) is 5.73. The third-order valence-corrected chi connectivity index (χ3v) is 7.97. The van der Waals surface area contributed by atoms with Crippen molar-refractivity contribution in [3.63, 3.8) is 0 Å². The van der Waals surface area contributed by atoms with Gasteiger partial charge in [0, 0.05) is 19.6 Å². The Labute approximate surface area is 186 Å². The average Bonchev–Trinajstić information content (AvgIpc) is 2.82. The van der Waals surface area contributed by atoms with E-state index >= 15 is 0 Å². The van der Waals surface area contributed by atoms with Gasteiger partial charge in [-0.1, -0.05) is 62.4 Å². The third-order valence-electron chi connectivity index (χ3n) is 6.06. The smallest absolute Gasteiger partial charge is 0.243 e. The zero-order valence-corrected chi connectivity index (χ0v) is 19.2. The maximum absolute atomic E-state index is 13.1. The van der Waals surface area contributed by atoms with E-state index in [1.54, 1.807) is 28.6 Å². The van der Waals surface area contributed by atoms with Crippen LogP contribution in [0.3, 0.4) is 0 Å². The predicted octanol–water partition coefficient (Wildman–Crippen LogP) is 3.29. The first-order valence-corrected chi connectivity index (χ1v) is 12.5. The molecule has 0 aromatic heterocycles. The number of benzene rings is 2. The van der Waals surface area contributed by atoms with Crippen LogP contribution >= 0.6 is 0 Å². The number of likely N-dealkylation sites (N-methyl/N-ethyl adjacent to an activating group) is 1. The minimum atomic E-state index is -3.44. The van der Waals surface area contributed by atoms with E-state index in [0.29, 0.717) is 24.5 Å². The molecule has 2 aromatic carbocycles. The molecule has 0 spiro atoms. The lowest BCUT2D eigenvalue weighted by Gasteiger charge is -2.33. The molecule has 7 heteroatoms. The maximum Gasteiger partial charge on any atom is 0.243 e. The van der Waals surface area contributed by atoms with Crippen molar-refractivity contribution in [2.75, 3.05) is 32.7 Å². The largest absolute Gasteiger partial charge is 0.354 e. The van der Waals surface area contributed by atoms with E-state index in [1.807, 2.05) is 36.4 Å². The summed E-state index contributed by atoms with van der Waals surface area (Å²) in [6.07, 6.45) is 1.49. The van der Waals surface area contributed by atoms with Crippen LogP contribution in [0.4, 0.5) is 0 Å². The molecule has 1 aliphatic heterocycles. The quantitative estimate of drug-likeness (QED) is 0.646. The average molecular weight is 444 g/mol. The zero-order valence-electron chi connectivity index (χ0n) is 18.4. The van der Waals surface area contributed by atoms with Crippen LogP contribution in [0, 0.1) is 5.92 Å². The lowest BCUT2D eigenvalue weighted by atomic mass is 9.97. The molecule has 0 aliphatic carbocycles. The number of rotatable bonds is 9. The van der Waals surface area contributed by atoms with Crippen molar-refractivity contribution >= 4 is 15.9 Å². The van der Waals surface area contributed by atoms with Crippen LogP contribution in [0.25, 0.3) is 0 Å². The first kappa shape index (κ1) is 23.4. The van der Waals surface area contributed by atoms with Gasteiger partial charge in [-0.05, 0) is 49.5 Å². The molecule has 1 fully saturated rings. The number of hydrogen-bond donors (Lipinski definition) is 1. The Kier molecular flexibility index (Phi) is 8.23. The normalized spacial score (nSPS) is 16.9. The molecule has 3 rings (SSSR count). The molecule has 1 aliphatic rings. The minimum absolute atomic E-state index is 0.00855. The summed E-state index contributed by atoms with van der Waals surface area (Å²) in [5, 5.41) is 3.14. The van der Waals surface area contributed by atoms with E-state index in [9.17, 15) is 13.2 Å². The maximum atomic E-state index is 13.1. The summed E-state index contributed by atoms with van der Waals surface area (Å²) >= 11 is 0. The van der Waals surface area contributed by atoms with Gasteiger partial charge in [-0.15, -0.1) is 0 Å². The van der Waals surface area contributed by atoms with Crippen LogP contribution in [0.2, 0.25) is 0 Å². The summed E-state index contributed by atoms with van der Waals surface area (Å²) < 4.78 is 27.2. The van der Waals surface area contributed by atoms with E-state index in [0.717, 1.165) is 31.5 Å².